The summed E-state index contributed by atoms with van der Waals surface area (Å²) in [6.45, 7) is -0.00210. The quantitative estimate of drug-likeness (QED) is 0.655. The van der Waals surface area contributed by atoms with Gasteiger partial charge < -0.3 is 10.1 Å². The van der Waals surface area contributed by atoms with Gasteiger partial charge in [0.05, 0.1) is 11.5 Å². The second-order valence-electron chi connectivity index (χ2n) is 3.94. The third-order valence-electron chi connectivity index (χ3n) is 2.61. The number of rotatable bonds is 3. The van der Waals surface area contributed by atoms with Crippen LogP contribution in [0.15, 0.2) is 18.3 Å². The van der Waals surface area contributed by atoms with Gasteiger partial charge in [-0.25, -0.2) is 13.8 Å². The molecule has 0 unspecified atom stereocenters. The number of piperidine rings is 1. The molecule has 2 heterocycles. The van der Waals surface area contributed by atoms with Crippen LogP contribution in [0.1, 0.15) is 6.42 Å². The van der Waals surface area contributed by atoms with E-state index in [0.717, 1.165) is 6.20 Å². The van der Waals surface area contributed by atoms with Gasteiger partial charge in [0.1, 0.15) is 6.20 Å². The number of nitrogens with zero attached hydrogens (tertiary/aromatic N) is 2. The summed E-state index contributed by atoms with van der Waals surface area (Å²) in [5, 5.41) is 13.0. The second-order valence-corrected chi connectivity index (χ2v) is 3.94. The van der Waals surface area contributed by atoms with Crippen molar-refractivity contribution in [1.82, 2.24) is 10.3 Å². The molecule has 8 heteroatoms. The number of hydrogen-bond acceptors (Lipinski definition) is 5. The number of pyridine rings is 1. The van der Waals surface area contributed by atoms with Gasteiger partial charge in [-0.1, -0.05) is 0 Å². The van der Waals surface area contributed by atoms with E-state index in [1.165, 1.54) is 12.1 Å². The highest BCUT2D eigenvalue weighted by Gasteiger charge is 2.43. The molecule has 1 aromatic rings. The molecular weight excluding hydrogens is 248 g/mol. The van der Waals surface area contributed by atoms with Gasteiger partial charge >= 0.3 is 0 Å². The summed E-state index contributed by atoms with van der Waals surface area (Å²) >= 11 is 0. The highest BCUT2D eigenvalue weighted by atomic mass is 19.3. The Morgan fingerprint density at radius 2 is 2.33 bits per heavy atom. The fraction of sp³-hybridized carbons (Fsp3) is 0.500. The molecular formula is C10H11F2N3O3. The van der Waals surface area contributed by atoms with Crippen LogP contribution in [0.2, 0.25) is 0 Å². The van der Waals surface area contributed by atoms with E-state index in [-0.39, 0.29) is 18.0 Å². The maximum Gasteiger partial charge on any atom is 0.296 e. The zero-order valence-electron chi connectivity index (χ0n) is 9.31. The van der Waals surface area contributed by atoms with Crippen molar-refractivity contribution in [3.8, 4) is 5.88 Å². The molecule has 0 bridgehead atoms. The van der Waals surface area contributed by atoms with Crippen LogP contribution in [0.25, 0.3) is 0 Å². The van der Waals surface area contributed by atoms with E-state index in [1.807, 2.05) is 0 Å². The van der Waals surface area contributed by atoms with Crippen molar-refractivity contribution in [3.63, 3.8) is 0 Å². The fourth-order valence-corrected chi connectivity index (χ4v) is 1.65. The predicted octanol–water partition coefficient (Wildman–Crippen LogP) is 1.37. The fourth-order valence-electron chi connectivity index (χ4n) is 1.65. The lowest BCUT2D eigenvalue weighted by molar-refractivity contribution is -0.385. The molecule has 1 aromatic heterocycles. The lowest BCUT2D eigenvalue weighted by Gasteiger charge is -2.31. The summed E-state index contributed by atoms with van der Waals surface area (Å²) in [4.78, 5) is 13.4. The van der Waals surface area contributed by atoms with E-state index >= 15 is 0 Å². The Hall–Kier alpha value is -1.83. The predicted molar refractivity (Wildman–Crippen MR) is 57.7 cm³/mol. The Labute approximate surface area is 101 Å². The first-order valence-corrected chi connectivity index (χ1v) is 5.35. The maximum absolute atomic E-state index is 13.4. The average Bonchev–Trinajstić information content (AvgIpc) is 2.32. The van der Waals surface area contributed by atoms with Crippen LogP contribution in [-0.4, -0.2) is 35.0 Å². The Morgan fingerprint density at radius 3 is 2.89 bits per heavy atom. The zero-order chi connectivity index (χ0) is 13.2. The third kappa shape index (κ3) is 2.70. The van der Waals surface area contributed by atoms with Gasteiger partial charge in [0, 0.05) is 18.6 Å². The average molecular weight is 259 g/mol. The molecule has 98 valence electrons. The molecule has 2 rings (SSSR count). The Bertz CT molecular complexity index is 438. The summed E-state index contributed by atoms with van der Waals surface area (Å²) in [5.41, 5.74) is -0.209. The van der Waals surface area contributed by atoms with Crippen LogP contribution in [0.3, 0.4) is 0 Å². The third-order valence-corrected chi connectivity index (χ3v) is 2.61. The minimum Gasteiger partial charge on any atom is -0.468 e. The van der Waals surface area contributed by atoms with Crippen LogP contribution < -0.4 is 10.1 Å². The SMILES string of the molecule is O=[N+]([O-])c1ccc(O[C@@H]2CCNCC2(F)F)nc1. The number of aromatic nitrogens is 1. The number of halogens is 2. The van der Waals surface area contributed by atoms with E-state index < -0.39 is 23.5 Å². The molecule has 1 fully saturated rings. The first kappa shape index (κ1) is 12.6. The standard InChI is InChI=1S/C10H11F2N3O3/c11-10(12)6-13-4-3-8(10)18-9-2-1-7(5-14-9)15(16)17/h1-2,5,8,13H,3-4,6H2/t8-/m1/s1. The topological polar surface area (TPSA) is 77.3 Å². The lowest BCUT2D eigenvalue weighted by Crippen LogP contribution is -2.52. The number of alkyl halides is 2. The molecule has 0 saturated carbocycles. The molecule has 1 N–H and O–H groups in total. The number of nitro groups is 1. The summed E-state index contributed by atoms with van der Waals surface area (Å²) in [7, 11) is 0. The molecule has 0 radical (unpaired) electrons. The molecule has 1 atom stereocenters. The van der Waals surface area contributed by atoms with Crippen LogP contribution in [0.4, 0.5) is 14.5 Å². The largest absolute Gasteiger partial charge is 0.468 e. The number of ether oxygens (including phenoxy) is 1. The first-order chi connectivity index (χ1) is 8.49. The van der Waals surface area contributed by atoms with Gasteiger partial charge in [0.2, 0.25) is 5.88 Å². The zero-order valence-corrected chi connectivity index (χ0v) is 9.31. The van der Waals surface area contributed by atoms with Crippen LogP contribution >= 0.6 is 0 Å². The monoisotopic (exact) mass is 259 g/mol. The van der Waals surface area contributed by atoms with Crippen molar-refractivity contribution in [2.75, 3.05) is 13.1 Å². The Balaban J connectivity index is 2.06. The molecule has 6 nitrogen and oxygen atoms in total. The molecule has 1 aliphatic heterocycles. The highest BCUT2D eigenvalue weighted by Crippen LogP contribution is 2.27. The smallest absolute Gasteiger partial charge is 0.296 e. The van der Waals surface area contributed by atoms with Gasteiger partial charge in [0.15, 0.2) is 6.10 Å². The van der Waals surface area contributed by atoms with Crippen LogP contribution in [0.5, 0.6) is 5.88 Å². The minimum absolute atomic E-state index is 0.0350. The molecule has 1 saturated heterocycles. The molecule has 0 aliphatic carbocycles. The molecule has 0 aromatic carbocycles. The van der Waals surface area contributed by atoms with Crippen molar-refractivity contribution in [3.05, 3.63) is 28.4 Å². The normalized spacial score (nSPS) is 22.4. The highest BCUT2D eigenvalue weighted by molar-refractivity contribution is 5.29. The maximum atomic E-state index is 13.4. The van der Waals surface area contributed by atoms with E-state index in [2.05, 4.69) is 10.3 Å². The van der Waals surface area contributed by atoms with Crippen molar-refractivity contribution < 1.29 is 18.4 Å². The van der Waals surface area contributed by atoms with Crippen molar-refractivity contribution in [2.45, 2.75) is 18.4 Å². The van der Waals surface area contributed by atoms with Gasteiger partial charge in [-0.05, 0) is 6.54 Å². The van der Waals surface area contributed by atoms with Crippen LogP contribution in [0, 0.1) is 10.1 Å². The Morgan fingerprint density at radius 1 is 1.56 bits per heavy atom. The van der Waals surface area contributed by atoms with E-state index in [9.17, 15) is 18.9 Å². The summed E-state index contributed by atoms with van der Waals surface area (Å²) in [5.74, 6) is -3.01. The second kappa shape index (κ2) is 4.81. The minimum atomic E-state index is -2.97. The van der Waals surface area contributed by atoms with Gasteiger partial charge in [-0.3, -0.25) is 10.1 Å². The molecule has 18 heavy (non-hydrogen) atoms. The first-order valence-electron chi connectivity index (χ1n) is 5.35. The van der Waals surface area contributed by atoms with Crippen molar-refractivity contribution >= 4 is 5.69 Å². The molecule has 0 spiro atoms. The molecule has 0 amide bonds. The Kier molecular flexibility index (Phi) is 3.37. The number of hydrogen-bond donors (Lipinski definition) is 1. The summed E-state index contributed by atoms with van der Waals surface area (Å²) in [6.07, 6.45) is -0.118. The van der Waals surface area contributed by atoms with Crippen molar-refractivity contribution in [1.29, 1.82) is 0 Å². The van der Waals surface area contributed by atoms with Crippen LogP contribution in [-0.2, 0) is 0 Å². The van der Waals surface area contributed by atoms with E-state index in [1.54, 1.807) is 0 Å². The van der Waals surface area contributed by atoms with E-state index in [0.29, 0.717) is 6.54 Å². The number of nitrogens with one attached hydrogen (secondary N) is 1. The summed E-state index contributed by atoms with van der Waals surface area (Å²) < 4.78 is 32.0. The van der Waals surface area contributed by atoms with E-state index in [4.69, 9.17) is 4.74 Å². The lowest BCUT2D eigenvalue weighted by atomic mass is 10.1. The molecule has 1 aliphatic rings. The van der Waals surface area contributed by atoms with Gasteiger partial charge in [-0.2, -0.15) is 0 Å². The van der Waals surface area contributed by atoms with Gasteiger partial charge in [0.25, 0.3) is 11.6 Å². The van der Waals surface area contributed by atoms with Crippen molar-refractivity contribution in [2.24, 2.45) is 0 Å². The summed E-state index contributed by atoms with van der Waals surface area (Å²) in [6, 6.07) is 2.39. The van der Waals surface area contributed by atoms with Gasteiger partial charge in [-0.15, -0.1) is 0 Å².